The third kappa shape index (κ3) is 2.64. The maximum atomic E-state index is 12.2. The first-order valence-electron chi connectivity index (χ1n) is 5.93. The van der Waals surface area contributed by atoms with Crippen molar-refractivity contribution in [2.45, 2.75) is 33.2 Å². The molecule has 4 nitrogen and oxygen atoms in total. The average molecular weight is 243 g/mol. The Kier molecular flexibility index (Phi) is 3.03. The van der Waals surface area contributed by atoms with Gasteiger partial charge >= 0.3 is 0 Å². The molecule has 2 aromatic rings. The van der Waals surface area contributed by atoms with Gasteiger partial charge in [-0.15, -0.1) is 0 Å². The molecule has 0 radical (unpaired) electrons. The number of hydrogen-bond donors (Lipinski definition) is 1. The minimum atomic E-state index is -0.281. The first-order chi connectivity index (χ1) is 8.37. The highest BCUT2D eigenvalue weighted by Gasteiger charge is 2.19. The zero-order valence-corrected chi connectivity index (χ0v) is 11.1. The molecule has 2 rings (SSSR count). The summed E-state index contributed by atoms with van der Waals surface area (Å²) in [4.78, 5) is 20.8. The number of hydrogen-bond acceptors (Lipinski definition) is 3. The summed E-state index contributed by atoms with van der Waals surface area (Å²) in [7, 11) is 0. The van der Waals surface area contributed by atoms with E-state index in [0.29, 0.717) is 11.5 Å². The summed E-state index contributed by atoms with van der Waals surface area (Å²) < 4.78 is 0. The van der Waals surface area contributed by atoms with Crippen LogP contribution in [0.25, 0.3) is 10.9 Å². The van der Waals surface area contributed by atoms with Crippen LogP contribution in [0.4, 0.5) is 0 Å². The molecule has 0 aliphatic rings. The highest BCUT2D eigenvalue weighted by Crippen LogP contribution is 2.16. The topological polar surface area (TPSA) is 54.9 Å². The molecule has 0 bridgehead atoms. The molecular weight excluding hydrogens is 226 g/mol. The maximum absolute atomic E-state index is 12.2. The molecule has 1 aromatic heterocycles. The summed E-state index contributed by atoms with van der Waals surface area (Å²) in [5.41, 5.74) is 0.953. The Hall–Kier alpha value is -1.97. The van der Waals surface area contributed by atoms with Gasteiger partial charge in [-0.1, -0.05) is 18.2 Å². The monoisotopic (exact) mass is 243 g/mol. The largest absolute Gasteiger partial charge is 0.346 e. The lowest BCUT2D eigenvalue weighted by Gasteiger charge is -2.20. The number of nitrogens with zero attached hydrogens (tertiary/aromatic N) is 2. The molecule has 94 valence electrons. The Morgan fingerprint density at radius 3 is 2.50 bits per heavy atom. The van der Waals surface area contributed by atoms with Gasteiger partial charge in [0.25, 0.3) is 5.91 Å². The van der Waals surface area contributed by atoms with Gasteiger partial charge in [-0.3, -0.25) is 4.79 Å². The fourth-order valence-corrected chi connectivity index (χ4v) is 1.77. The normalized spacial score (nSPS) is 11.6. The fraction of sp³-hybridized carbons (Fsp3) is 0.357. The maximum Gasteiger partial charge on any atom is 0.271 e. The summed E-state index contributed by atoms with van der Waals surface area (Å²) in [6, 6.07) is 7.54. The van der Waals surface area contributed by atoms with Crippen molar-refractivity contribution < 1.29 is 4.79 Å². The summed E-state index contributed by atoms with van der Waals surface area (Å²) in [5, 5.41) is 3.71. The zero-order valence-electron chi connectivity index (χ0n) is 11.1. The van der Waals surface area contributed by atoms with Crippen LogP contribution in [-0.2, 0) is 0 Å². The molecule has 1 aromatic carbocycles. The van der Waals surface area contributed by atoms with Crippen LogP contribution in [0.5, 0.6) is 0 Å². The third-order valence-electron chi connectivity index (χ3n) is 2.42. The van der Waals surface area contributed by atoms with Gasteiger partial charge in [0.1, 0.15) is 11.5 Å². The third-order valence-corrected chi connectivity index (χ3v) is 2.42. The molecule has 18 heavy (non-hydrogen) atoms. The van der Waals surface area contributed by atoms with E-state index in [9.17, 15) is 4.79 Å². The number of nitrogens with one attached hydrogen (secondary N) is 1. The molecule has 1 N–H and O–H groups in total. The molecule has 4 heteroatoms. The zero-order chi connectivity index (χ0) is 13.3. The Labute approximate surface area is 106 Å². The first kappa shape index (κ1) is 12.5. The lowest BCUT2D eigenvalue weighted by atomic mass is 10.1. The minimum absolute atomic E-state index is 0.163. The molecule has 0 saturated carbocycles. The lowest BCUT2D eigenvalue weighted by molar-refractivity contribution is 0.0916. The number of aryl methyl sites for hydroxylation is 1. The van der Waals surface area contributed by atoms with Crippen LogP contribution in [0.15, 0.2) is 24.3 Å². The molecule has 0 saturated heterocycles. The highest BCUT2D eigenvalue weighted by molar-refractivity contribution is 6.04. The van der Waals surface area contributed by atoms with Crippen molar-refractivity contribution in [1.82, 2.24) is 15.3 Å². The molecule has 0 aliphatic carbocycles. The van der Waals surface area contributed by atoms with Crippen molar-refractivity contribution in [2.75, 3.05) is 0 Å². The Balaban J connectivity index is 2.53. The quantitative estimate of drug-likeness (QED) is 0.837. The second kappa shape index (κ2) is 4.37. The average Bonchev–Trinajstić information content (AvgIpc) is 2.25. The predicted molar refractivity (Wildman–Crippen MR) is 71.5 cm³/mol. The second-order valence-electron chi connectivity index (χ2n) is 5.34. The van der Waals surface area contributed by atoms with Crippen molar-refractivity contribution in [3.05, 3.63) is 35.8 Å². The van der Waals surface area contributed by atoms with Crippen molar-refractivity contribution in [3.63, 3.8) is 0 Å². The number of fused-ring (bicyclic) bond motifs is 1. The summed E-state index contributed by atoms with van der Waals surface area (Å²) >= 11 is 0. The molecule has 0 unspecified atom stereocenters. The van der Waals surface area contributed by atoms with Gasteiger partial charge in [0.2, 0.25) is 0 Å². The van der Waals surface area contributed by atoms with Crippen LogP contribution < -0.4 is 5.32 Å². The number of aromatic nitrogens is 2. The van der Waals surface area contributed by atoms with Crippen LogP contribution in [0.3, 0.4) is 0 Å². The second-order valence-corrected chi connectivity index (χ2v) is 5.34. The summed E-state index contributed by atoms with van der Waals surface area (Å²) in [6.45, 7) is 7.63. The van der Waals surface area contributed by atoms with E-state index in [1.165, 1.54) is 0 Å². The van der Waals surface area contributed by atoms with Crippen LogP contribution in [-0.4, -0.2) is 21.4 Å². The summed E-state index contributed by atoms with van der Waals surface area (Å²) in [5.74, 6) is 0.442. The van der Waals surface area contributed by atoms with E-state index in [-0.39, 0.29) is 11.4 Å². The van der Waals surface area contributed by atoms with E-state index in [4.69, 9.17) is 0 Å². The lowest BCUT2D eigenvalue weighted by Crippen LogP contribution is -2.41. The van der Waals surface area contributed by atoms with Crippen molar-refractivity contribution in [3.8, 4) is 0 Å². The number of benzene rings is 1. The smallest absolute Gasteiger partial charge is 0.271 e. The van der Waals surface area contributed by atoms with Crippen LogP contribution >= 0.6 is 0 Å². The van der Waals surface area contributed by atoms with Gasteiger partial charge in [-0.25, -0.2) is 9.97 Å². The highest BCUT2D eigenvalue weighted by atomic mass is 16.2. The first-order valence-corrected chi connectivity index (χ1v) is 5.93. The minimum Gasteiger partial charge on any atom is -0.346 e. The Morgan fingerprint density at radius 2 is 1.83 bits per heavy atom. The molecule has 1 heterocycles. The van der Waals surface area contributed by atoms with Crippen LogP contribution in [0, 0.1) is 6.92 Å². The van der Waals surface area contributed by atoms with Gasteiger partial charge in [0.15, 0.2) is 0 Å². The van der Waals surface area contributed by atoms with Crippen molar-refractivity contribution >= 4 is 16.8 Å². The number of carbonyl (C=O) groups is 1. The fourth-order valence-electron chi connectivity index (χ4n) is 1.77. The Bertz CT molecular complexity index is 600. The molecule has 0 aliphatic heterocycles. The van der Waals surface area contributed by atoms with Gasteiger partial charge in [0.05, 0.1) is 5.52 Å². The molecule has 0 fully saturated rings. The van der Waals surface area contributed by atoms with Crippen molar-refractivity contribution in [2.24, 2.45) is 0 Å². The van der Waals surface area contributed by atoms with Crippen molar-refractivity contribution in [1.29, 1.82) is 0 Å². The standard InChI is InChI=1S/C14H17N3O/c1-9-15-11-8-6-5-7-10(11)12(16-9)13(18)17-14(2,3)4/h5-8H,1-4H3,(H,17,18). The number of rotatable bonds is 1. The van der Waals surface area contributed by atoms with E-state index in [0.717, 1.165) is 10.9 Å². The van der Waals surface area contributed by atoms with E-state index < -0.39 is 0 Å². The predicted octanol–water partition coefficient (Wildman–Crippen LogP) is 2.47. The number of para-hydroxylation sites is 1. The van der Waals surface area contributed by atoms with Crippen LogP contribution in [0.1, 0.15) is 37.1 Å². The van der Waals surface area contributed by atoms with Crippen LogP contribution in [0.2, 0.25) is 0 Å². The molecule has 0 spiro atoms. The molecular formula is C14H17N3O. The number of carbonyl (C=O) groups excluding carboxylic acids is 1. The van der Waals surface area contributed by atoms with E-state index in [2.05, 4.69) is 15.3 Å². The molecule has 0 atom stereocenters. The van der Waals surface area contributed by atoms with Gasteiger partial charge in [-0.2, -0.15) is 0 Å². The SMILES string of the molecule is Cc1nc(C(=O)NC(C)(C)C)c2ccccc2n1. The van der Waals surface area contributed by atoms with E-state index in [1.54, 1.807) is 6.92 Å². The van der Waals surface area contributed by atoms with Gasteiger partial charge in [-0.05, 0) is 33.8 Å². The number of amides is 1. The van der Waals surface area contributed by atoms with Gasteiger partial charge in [0, 0.05) is 10.9 Å². The summed E-state index contributed by atoms with van der Waals surface area (Å²) in [6.07, 6.45) is 0. The van der Waals surface area contributed by atoms with Gasteiger partial charge < -0.3 is 5.32 Å². The molecule has 1 amide bonds. The Morgan fingerprint density at radius 1 is 1.17 bits per heavy atom. The van der Waals surface area contributed by atoms with E-state index >= 15 is 0 Å². The van der Waals surface area contributed by atoms with E-state index in [1.807, 2.05) is 45.0 Å².